The summed E-state index contributed by atoms with van der Waals surface area (Å²) in [6, 6.07) is 49.7. The third-order valence-corrected chi connectivity index (χ3v) is 28.9. The first-order valence-electron chi connectivity index (χ1n) is 17.5. The maximum atomic E-state index is 2.78. The van der Waals surface area contributed by atoms with E-state index < -0.39 is 17.4 Å². The Morgan fingerprint density at radius 2 is 1.10 bits per heavy atom. The van der Waals surface area contributed by atoms with Gasteiger partial charge in [-0.2, -0.15) is 0 Å². The molecule has 0 aromatic heterocycles. The molecule has 2 aliphatic carbocycles. The van der Waals surface area contributed by atoms with E-state index in [1.165, 1.54) is 60.9 Å². The summed E-state index contributed by atoms with van der Waals surface area (Å²) >= 11 is -3.86. The average Bonchev–Trinajstić information content (AvgIpc) is 3.68. The number of halogens is 2. The summed E-state index contributed by atoms with van der Waals surface area (Å²) in [5.41, 5.74) is 17.2. The van der Waals surface area contributed by atoms with E-state index in [-0.39, 0.29) is 24.8 Å². The maximum absolute atomic E-state index is 3.86. The van der Waals surface area contributed by atoms with Crippen LogP contribution in [0.2, 0.25) is 9.26 Å². The van der Waals surface area contributed by atoms with Crippen LogP contribution in [0.1, 0.15) is 50.3 Å². The van der Waals surface area contributed by atoms with Gasteiger partial charge in [0.1, 0.15) is 0 Å². The Kier molecular flexibility index (Phi) is 10.0. The molecule has 0 nitrogen and oxygen atoms in total. The maximum Gasteiger partial charge on any atom is -0.147 e. The molecule has 50 heavy (non-hydrogen) atoms. The second-order valence-electron chi connectivity index (χ2n) is 15.5. The fourth-order valence-corrected chi connectivity index (χ4v) is 29.9. The van der Waals surface area contributed by atoms with E-state index in [1.807, 2.05) is 0 Å². The zero-order chi connectivity index (χ0) is 33.2. The van der Waals surface area contributed by atoms with Gasteiger partial charge in [0.15, 0.2) is 0 Å². The largest absolute Gasteiger partial charge is 0.147 e. The predicted octanol–water partition coefficient (Wildman–Crippen LogP) is 13.3. The van der Waals surface area contributed by atoms with E-state index in [0.717, 1.165) is 0 Å². The molecule has 0 fully saturated rings. The van der Waals surface area contributed by atoms with E-state index >= 15 is 0 Å². The van der Waals surface area contributed by atoms with E-state index in [2.05, 4.69) is 183 Å². The van der Waals surface area contributed by atoms with E-state index in [1.54, 1.807) is 16.7 Å². The van der Waals surface area contributed by atoms with Gasteiger partial charge in [0.2, 0.25) is 0 Å². The summed E-state index contributed by atoms with van der Waals surface area (Å²) in [6.45, 7) is 9.73. The molecule has 8 rings (SSSR count). The quantitative estimate of drug-likeness (QED) is 0.148. The summed E-state index contributed by atoms with van der Waals surface area (Å²) in [4.78, 5) is 0. The molecule has 0 saturated heterocycles. The third-order valence-electron chi connectivity index (χ3n) is 11.3. The first kappa shape index (κ1) is 36.5. The van der Waals surface area contributed by atoms with Gasteiger partial charge in [-0.25, -0.2) is 0 Å². The molecule has 2 unspecified atom stereocenters. The van der Waals surface area contributed by atoms with Gasteiger partial charge in [-0.1, -0.05) is 0 Å². The average molecular weight is 789 g/mol. The second kappa shape index (κ2) is 13.7. The van der Waals surface area contributed by atoms with Gasteiger partial charge < -0.3 is 0 Å². The summed E-state index contributed by atoms with van der Waals surface area (Å²) in [6.07, 6.45) is 5.17. The number of hydrogen-bond acceptors (Lipinski definition) is 0. The molecule has 0 N–H and O–H groups in total. The van der Waals surface area contributed by atoms with Crippen molar-refractivity contribution in [2.24, 2.45) is 5.92 Å². The minimum atomic E-state index is -3.86. The van der Waals surface area contributed by atoms with Gasteiger partial charge >= 0.3 is 291 Å². The van der Waals surface area contributed by atoms with E-state index in [4.69, 9.17) is 0 Å². The molecule has 2 atom stereocenters. The number of benzene rings is 6. The predicted molar refractivity (Wildman–Crippen MR) is 223 cm³/mol. The Morgan fingerprint density at radius 3 is 1.78 bits per heavy atom. The van der Waals surface area contributed by atoms with Crippen LogP contribution in [0.3, 0.4) is 0 Å². The monoisotopic (exact) mass is 786 g/mol. The van der Waals surface area contributed by atoms with E-state index in [0.29, 0.717) is 13.2 Å². The Balaban J connectivity index is 0.00000216. The number of allylic oxidation sites excluding steroid dienone is 2. The Morgan fingerprint density at radius 1 is 0.540 bits per heavy atom. The molecular formula is C46H46Cl2SiZr. The van der Waals surface area contributed by atoms with Crippen LogP contribution >= 0.6 is 24.8 Å². The van der Waals surface area contributed by atoms with Crippen molar-refractivity contribution in [3.8, 4) is 33.4 Å². The molecule has 4 heteroatoms. The Labute approximate surface area is 313 Å². The number of hydrogen-bond donors (Lipinski definition) is 0. The van der Waals surface area contributed by atoms with Crippen molar-refractivity contribution in [1.82, 2.24) is 0 Å². The minimum Gasteiger partial charge on any atom is -0.147 e. The summed E-state index contributed by atoms with van der Waals surface area (Å²) < 4.78 is 6.44. The molecule has 0 saturated carbocycles. The van der Waals surface area contributed by atoms with Crippen molar-refractivity contribution in [3.63, 3.8) is 0 Å². The fourth-order valence-electron chi connectivity index (χ4n) is 9.45. The molecule has 0 aliphatic heterocycles. The number of fused-ring (bicyclic) bond motifs is 3. The van der Waals surface area contributed by atoms with Crippen LogP contribution in [0.25, 0.3) is 56.3 Å². The third kappa shape index (κ3) is 5.87. The smallest absolute Gasteiger partial charge is 0.147 e. The van der Waals surface area contributed by atoms with Crippen LogP contribution in [0, 0.1) is 5.92 Å². The zero-order valence-corrected chi connectivity index (χ0v) is 35.1. The van der Waals surface area contributed by atoms with Crippen molar-refractivity contribution in [3.05, 3.63) is 167 Å². The molecule has 0 heterocycles. The van der Waals surface area contributed by atoms with Gasteiger partial charge in [-0.3, -0.25) is 0 Å². The molecule has 2 aliphatic rings. The van der Waals surface area contributed by atoms with Crippen molar-refractivity contribution in [2.75, 3.05) is 0 Å². The second-order valence-corrected chi connectivity index (χ2v) is 46.0. The van der Waals surface area contributed by atoms with E-state index in [9.17, 15) is 0 Å². The molecule has 0 spiro atoms. The first-order chi connectivity index (χ1) is 23.1. The van der Waals surface area contributed by atoms with Crippen molar-refractivity contribution in [2.45, 2.75) is 37.3 Å². The van der Waals surface area contributed by atoms with Gasteiger partial charge in [-0.05, 0) is 0 Å². The van der Waals surface area contributed by atoms with Crippen LogP contribution in [0.15, 0.2) is 145 Å². The molecular weight excluding hydrogens is 743 g/mol. The Bertz CT molecular complexity index is 2360. The molecule has 0 bridgehead atoms. The minimum absolute atomic E-state index is 0. The first-order valence-corrected chi connectivity index (χ1v) is 31.2. The zero-order valence-electron chi connectivity index (χ0n) is 29.6. The number of rotatable bonds is 6. The van der Waals surface area contributed by atoms with Crippen LogP contribution < -0.4 is 0 Å². The molecule has 0 radical (unpaired) electrons. The van der Waals surface area contributed by atoms with Crippen LogP contribution in [0.4, 0.5) is 0 Å². The summed E-state index contributed by atoms with van der Waals surface area (Å²) in [7, 11) is 0. The fraction of sp³-hybridized carbons (Fsp3) is 0.174. The van der Waals surface area contributed by atoms with Crippen molar-refractivity contribution >= 4 is 54.6 Å². The van der Waals surface area contributed by atoms with Gasteiger partial charge in [0, 0.05) is 0 Å². The normalized spacial score (nSPS) is 16.6. The summed E-state index contributed by atoms with van der Waals surface area (Å²) in [5, 5.41) is 2.62. The molecule has 6 aromatic carbocycles. The standard InChI is InChI=1S/C26H19.C18H17.2CH3.2ClH.H2Si.Zr/c1-18-16-25-22(19-8-3-2-4-9-19)14-15-24(26(25)17-18)23-13-7-11-20-10-5-6-12-21(20)23;1-13(2)16-11-15-9-6-10-17(18(15)12-16)14-7-4-3-5-8-14;;;;;;/h2-17H,1H3;3-13H,1-2H3;2*1H3;2*1H;1H2;. The topological polar surface area (TPSA) is 0 Å². The Hall–Kier alpha value is -3.26. The van der Waals surface area contributed by atoms with Crippen molar-refractivity contribution < 1.29 is 17.4 Å². The van der Waals surface area contributed by atoms with Crippen LogP contribution in [-0.2, 0) is 17.4 Å². The molecule has 6 aromatic rings. The summed E-state index contributed by atoms with van der Waals surface area (Å²) in [5.74, 6) is 0.476. The van der Waals surface area contributed by atoms with Gasteiger partial charge in [0.25, 0.3) is 0 Å². The van der Waals surface area contributed by atoms with Gasteiger partial charge in [0.05, 0.1) is 0 Å². The van der Waals surface area contributed by atoms with Crippen LogP contribution in [0.5, 0.6) is 0 Å². The molecule has 0 amide bonds. The van der Waals surface area contributed by atoms with Crippen LogP contribution in [-0.4, -0.2) is 6.88 Å². The molecule has 252 valence electrons. The SMILES string of the molecule is CC1=Cc2c(-c3cccc4ccccc34)ccc(-c3ccccc3)c2[CH]1[Zr]([CH3])([CH3])(=[SiH2])[CH]1C(C(C)C)=Cc2c(-c3ccccc3)cccc21.Cl.Cl. The van der Waals surface area contributed by atoms with Gasteiger partial charge in [-0.15, -0.1) is 24.8 Å². The van der Waals surface area contributed by atoms with Crippen molar-refractivity contribution in [1.29, 1.82) is 0 Å².